The monoisotopic (exact) mass is 340 g/mol. The van der Waals surface area contributed by atoms with Crippen LogP contribution in [0.25, 0.3) is 0 Å². The van der Waals surface area contributed by atoms with Gasteiger partial charge in [-0.05, 0) is 39.0 Å². The Bertz CT molecular complexity index is 600. The summed E-state index contributed by atoms with van der Waals surface area (Å²) in [7, 11) is 0. The smallest absolute Gasteiger partial charge is 0.411 e. The van der Waals surface area contributed by atoms with Crippen molar-refractivity contribution in [2.75, 3.05) is 11.9 Å². The van der Waals surface area contributed by atoms with Gasteiger partial charge in [-0.3, -0.25) is 4.90 Å². The summed E-state index contributed by atoms with van der Waals surface area (Å²) in [6.45, 7) is 5.51. The summed E-state index contributed by atoms with van der Waals surface area (Å²) < 4.78 is 5.29. The van der Waals surface area contributed by atoms with Crippen LogP contribution in [0.1, 0.15) is 27.2 Å². The van der Waals surface area contributed by atoms with Gasteiger partial charge in [-0.1, -0.05) is 17.7 Å². The molecule has 1 aromatic rings. The fourth-order valence-electron chi connectivity index (χ4n) is 2.51. The zero-order chi connectivity index (χ0) is 17.2. The summed E-state index contributed by atoms with van der Waals surface area (Å²) in [6, 6.07) is 6.09. The lowest BCUT2D eigenvalue weighted by Gasteiger charge is -2.26. The van der Waals surface area contributed by atoms with Gasteiger partial charge >= 0.3 is 12.1 Å². The van der Waals surface area contributed by atoms with Crippen molar-refractivity contribution in [3.05, 3.63) is 29.3 Å². The molecule has 0 radical (unpaired) electrons. The number of nitrogens with zero attached hydrogens (tertiary/aromatic N) is 1. The summed E-state index contributed by atoms with van der Waals surface area (Å²) in [4.78, 5) is 24.9. The van der Waals surface area contributed by atoms with Gasteiger partial charge in [0.15, 0.2) is 0 Å². The first kappa shape index (κ1) is 17.4. The number of benzene rings is 1. The minimum atomic E-state index is -1.04. The summed E-state index contributed by atoms with van der Waals surface area (Å²) in [6.07, 6.45) is -0.304. The van der Waals surface area contributed by atoms with Crippen LogP contribution >= 0.6 is 11.6 Å². The first-order valence-electron chi connectivity index (χ1n) is 7.40. The topological polar surface area (TPSA) is 78.9 Å². The Balaban J connectivity index is 2.08. The summed E-state index contributed by atoms with van der Waals surface area (Å²) in [5, 5.41) is 13.2. The molecule has 2 N–H and O–H groups in total. The Labute approximate surface area is 140 Å². The van der Waals surface area contributed by atoms with E-state index < -0.39 is 23.7 Å². The molecule has 2 rings (SSSR count). The van der Waals surface area contributed by atoms with E-state index in [2.05, 4.69) is 5.32 Å². The maximum atomic E-state index is 12.2. The molecule has 0 bridgehead atoms. The van der Waals surface area contributed by atoms with E-state index in [1.807, 2.05) is 6.07 Å². The molecule has 23 heavy (non-hydrogen) atoms. The van der Waals surface area contributed by atoms with Crippen LogP contribution in [0, 0.1) is 0 Å². The van der Waals surface area contributed by atoms with Crippen LogP contribution in [0.4, 0.5) is 10.5 Å². The molecule has 1 amide bonds. The molecule has 1 aromatic carbocycles. The van der Waals surface area contributed by atoms with Gasteiger partial charge in [-0.25, -0.2) is 9.59 Å². The molecule has 1 aliphatic rings. The number of carbonyl (C=O) groups excluding carboxylic acids is 1. The molecule has 7 heteroatoms. The van der Waals surface area contributed by atoms with Gasteiger partial charge in [0, 0.05) is 29.7 Å². The van der Waals surface area contributed by atoms with E-state index in [-0.39, 0.29) is 12.6 Å². The number of hydrogen-bond acceptors (Lipinski definition) is 4. The number of hydrogen-bond donors (Lipinski definition) is 2. The SMILES string of the molecule is CC(C)(C)OC(=O)N1C[C@@H](Nc2cccc(Cl)c2)CC1C(=O)O. The highest BCUT2D eigenvalue weighted by atomic mass is 35.5. The predicted molar refractivity (Wildman–Crippen MR) is 87.8 cm³/mol. The van der Waals surface area contributed by atoms with Crippen LogP contribution in [-0.4, -0.2) is 46.3 Å². The van der Waals surface area contributed by atoms with Gasteiger partial charge < -0.3 is 15.2 Å². The Morgan fingerprint density at radius 3 is 2.65 bits per heavy atom. The average molecular weight is 341 g/mol. The normalized spacial score (nSPS) is 21.1. The second-order valence-electron chi connectivity index (χ2n) is 6.57. The Morgan fingerprint density at radius 1 is 1.39 bits per heavy atom. The molecule has 1 aliphatic heterocycles. The van der Waals surface area contributed by atoms with E-state index in [0.717, 1.165) is 5.69 Å². The number of aliphatic carboxylic acids is 1. The lowest BCUT2D eigenvalue weighted by Crippen LogP contribution is -2.43. The van der Waals surface area contributed by atoms with Crippen molar-refractivity contribution >= 4 is 29.4 Å². The van der Waals surface area contributed by atoms with Crippen LogP contribution in [0.3, 0.4) is 0 Å². The fourth-order valence-corrected chi connectivity index (χ4v) is 2.70. The molecule has 1 heterocycles. The lowest BCUT2D eigenvalue weighted by atomic mass is 10.1. The van der Waals surface area contributed by atoms with Crippen molar-refractivity contribution in [1.29, 1.82) is 0 Å². The third-order valence-electron chi connectivity index (χ3n) is 3.41. The second-order valence-corrected chi connectivity index (χ2v) is 7.01. The first-order chi connectivity index (χ1) is 10.7. The molecule has 1 fully saturated rings. The largest absolute Gasteiger partial charge is 0.480 e. The highest BCUT2D eigenvalue weighted by Crippen LogP contribution is 2.25. The highest BCUT2D eigenvalue weighted by Gasteiger charge is 2.41. The molecule has 0 aromatic heterocycles. The second kappa shape index (κ2) is 6.66. The summed E-state index contributed by atoms with van der Waals surface area (Å²) in [5.74, 6) is -1.04. The van der Waals surface area contributed by atoms with Gasteiger partial charge in [0.25, 0.3) is 0 Å². The quantitative estimate of drug-likeness (QED) is 0.883. The Kier molecular flexibility index (Phi) is 5.04. The van der Waals surface area contributed by atoms with Crippen LogP contribution < -0.4 is 5.32 Å². The Morgan fingerprint density at radius 2 is 2.09 bits per heavy atom. The molecular formula is C16H21ClN2O4. The van der Waals surface area contributed by atoms with Crippen LogP contribution in [0.2, 0.25) is 5.02 Å². The number of likely N-dealkylation sites (tertiary alicyclic amines) is 1. The maximum Gasteiger partial charge on any atom is 0.411 e. The number of carboxylic acid groups (broad SMARTS) is 1. The molecule has 6 nitrogen and oxygen atoms in total. The number of carbonyl (C=O) groups is 2. The molecule has 2 atom stereocenters. The van der Waals surface area contributed by atoms with Crippen molar-refractivity contribution in [2.24, 2.45) is 0 Å². The molecule has 1 saturated heterocycles. The van der Waals surface area contributed by atoms with Crippen molar-refractivity contribution in [1.82, 2.24) is 4.90 Å². The van der Waals surface area contributed by atoms with E-state index in [4.69, 9.17) is 16.3 Å². The third-order valence-corrected chi connectivity index (χ3v) is 3.64. The number of rotatable bonds is 3. The van der Waals surface area contributed by atoms with Gasteiger partial charge in [-0.15, -0.1) is 0 Å². The first-order valence-corrected chi connectivity index (χ1v) is 7.78. The van der Waals surface area contributed by atoms with E-state index in [9.17, 15) is 14.7 Å². The molecule has 126 valence electrons. The van der Waals surface area contributed by atoms with Gasteiger partial charge in [-0.2, -0.15) is 0 Å². The number of anilines is 1. The number of carboxylic acids is 1. The zero-order valence-electron chi connectivity index (χ0n) is 13.4. The summed E-state index contributed by atoms with van der Waals surface area (Å²) in [5.41, 5.74) is 0.121. The van der Waals surface area contributed by atoms with Crippen molar-refractivity contribution in [2.45, 2.75) is 44.9 Å². The van der Waals surface area contributed by atoms with Crippen molar-refractivity contribution < 1.29 is 19.4 Å². The average Bonchev–Trinajstić information content (AvgIpc) is 2.81. The highest BCUT2D eigenvalue weighted by molar-refractivity contribution is 6.30. The summed E-state index contributed by atoms with van der Waals surface area (Å²) >= 11 is 5.94. The third kappa shape index (κ3) is 4.76. The van der Waals surface area contributed by atoms with Gasteiger partial charge in [0.2, 0.25) is 0 Å². The van der Waals surface area contributed by atoms with E-state index in [1.165, 1.54) is 4.90 Å². The van der Waals surface area contributed by atoms with E-state index >= 15 is 0 Å². The van der Waals surface area contributed by atoms with Crippen LogP contribution in [0.5, 0.6) is 0 Å². The number of nitrogens with one attached hydrogen (secondary N) is 1. The standard InChI is InChI=1S/C16H21ClN2O4/c1-16(2,3)23-15(22)19-9-12(8-13(19)14(20)21)18-11-6-4-5-10(17)7-11/h4-7,12-13,18H,8-9H2,1-3H3,(H,20,21)/t12-,13?/m0/s1. The van der Waals surface area contributed by atoms with Crippen molar-refractivity contribution in [3.8, 4) is 0 Å². The van der Waals surface area contributed by atoms with Crippen LogP contribution in [-0.2, 0) is 9.53 Å². The number of halogens is 1. The maximum absolute atomic E-state index is 12.2. The number of ether oxygens (including phenoxy) is 1. The van der Waals surface area contributed by atoms with Crippen molar-refractivity contribution in [3.63, 3.8) is 0 Å². The van der Waals surface area contributed by atoms with Gasteiger partial charge in [0.05, 0.1) is 0 Å². The molecule has 0 saturated carbocycles. The van der Waals surface area contributed by atoms with E-state index in [0.29, 0.717) is 11.4 Å². The Hall–Kier alpha value is -1.95. The predicted octanol–water partition coefficient (Wildman–Crippen LogP) is 3.21. The van der Waals surface area contributed by atoms with Gasteiger partial charge in [0.1, 0.15) is 11.6 Å². The molecule has 1 unspecified atom stereocenters. The minimum absolute atomic E-state index is 0.179. The molecular weight excluding hydrogens is 320 g/mol. The lowest BCUT2D eigenvalue weighted by molar-refractivity contribution is -0.142. The molecule has 0 aliphatic carbocycles. The fraction of sp³-hybridized carbons (Fsp3) is 0.500. The van der Waals surface area contributed by atoms with Crippen LogP contribution in [0.15, 0.2) is 24.3 Å². The number of amides is 1. The zero-order valence-corrected chi connectivity index (χ0v) is 14.1. The molecule has 0 spiro atoms. The minimum Gasteiger partial charge on any atom is -0.480 e. The van der Waals surface area contributed by atoms with E-state index in [1.54, 1.807) is 39.0 Å².